The van der Waals surface area contributed by atoms with Crippen molar-refractivity contribution in [3.63, 3.8) is 0 Å². The monoisotopic (exact) mass is 272 g/mol. The Morgan fingerprint density at radius 3 is 2.65 bits per heavy atom. The highest BCUT2D eigenvalue weighted by Gasteiger charge is 2.18. The maximum Gasteiger partial charge on any atom is 0.258 e. The molecule has 0 spiro atoms. The number of nitrogen functional groups attached to an aromatic ring is 1. The summed E-state index contributed by atoms with van der Waals surface area (Å²) in [5.74, 6) is -0.641. The van der Waals surface area contributed by atoms with E-state index in [1.807, 2.05) is 13.0 Å². The standard InChI is InChI=1S/C16H17FN2O/c1-3-19(14-6-4-5-13(18)10-14)16(20)15-9-12(17)8-7-11(15)2/h4-10H,3,18H2,1-2H3. The van der Waals surface area contributed by atoms with Crippen LogP contribution in [0, 0.1) is 12.7 Å². The number of anilines is 2. The molecule has 104 valence electrons. The molecular weight excluding hydrogens is 255 g/mol. The minimum absolute atomic E-state index is 0.227. The quantitative estimate of drug-likeness (QED) is 0.871. The van der Waals surface area contributed by atoms with Gasteiger partial charge in [0.05, 0.1) is 0 Å². The lowest BCUT2D eigenvalue weighted by Gasteiger charge is -2.22. The minimum Gasteiger partial charge on any atom is -0.399 e. The third-order valence-corrected chi connectivity index (χ3v) is 3.17. The van der Waals surface area contributed by atoms with Crippen molar-refractivity contribution in [2.75, 3.05) is 17.2 Å². The second-order valence-electron chi connectivity index (χ2n) is 4.60. The van der Waals surface area contributed by atoms with Gasteiger partial charge in [0, 0.05) is 23.5 Å². The molecule has 1 amide bonds. The molecule has 0 aliphatic rings. The Hall–Kier alpha value is -2.36. The number of carbonyl (C=O) groups excluding carboxylic acids is 1. The number of rotatable bonds is 3. The average Bonchev–Trinajstić information content (AvgIpc) is 2.42. The molecule has 0 fully saturated rings. The van der Waals surface area contributed by atoms with E-state index < -0.39 is 5.82 Å². The molecule has 0 aromatic heterocycles. The van der Waals surface area contributed by atoms with Crippen LogP contribution in [0.2, 0.25) is 0 Å². The van der Waals surface area contributed by atoms with E-state index in [9.17, 15) is 9.18 Å². The number of halogens is 1. The van der Waals surface area contributed by atoms with E-state index in [4.69, 9.17) is 5.73 Å². The molecule has 0 aliphatic carbocycles. The van der Waals surface area contributed by atoms with E-state index in [1.165, 1.54) is 12.1 Å². The number of hydrogen-bond acceptors (Lipinski definition) is 2. The summed E-state index contributed by atoms with van der Waals surface area (Å²) in [6.45, 7) is 4.15. The number of nitrogens with two attached hydrogens (primary N) is 1. The van der Waals surface area contributed by atoms with E-state index >= 15 is 0 Å². The molecular formula is C16H17FN2O. The van der Waals surface area contributed by atoms with Crippen LogP contribution in [-0.2, 0) is 0 Å². The van der Waals surface area contributed by atoms with Crippen LogP contribution in [-0.4, -0.2) is 12.5 Å². The van der Waals surface area contributed by atoms with Crippen molar-refractivity contribution < 1.29 is 9.18 Å². The zero-order valence-electron chi connectivity index (χ0n) is 11.6. The van der Waals surface area contributed by atoms with Gasteiger partial charge in [0.15, 0.2) is 0 Å². The van der Waals surface area contributed by atoms with Gasteiger partial charge in [-0.15, -0.1) is 0 Å². The lowest BCUT2D eigenvalue weighted by atomic mass is 10.1. The van der Waals surface area contributed by atoms with Crippen LogP contribution in [0.5, 0.6) is 0 Å². The first-order valence-electron chi connectivity index (χ1n) is 6.46. The molecule has 2 aromatic rings. The Morgan fingerprint density at radius 1 is 1.25 bits per heavy atom. The Balaban J connectivity index is 2.41. The van der Waals surface area contributed by atoms with E-state index in [-0.39, 0.29) is 5.91 Å². The van der Waals surface area contributed by atoms with Gasteiger partial charge in [0.1, 0.15) is 5.82 Å². The van der Waals surface area contributed by atoms with Crippen LogP contribution in [0.1, 0.15) is 22.8 Å². The smallest absolute Gasteiger partial charge is 0.258 e. The second-order valence-corrected chi connectivity index (χ2v) is 4.60. The van der Waals surface area contributed by atoms with E-state index in [0.29, 0.717) is 23.5 Å². The van der Waals surface area contributed by atoms with Crippen molar-refractivity contribution in [1.29, 1.82) is 0 Å². The first-order chi connectivity index (χ1) is 9.52. The van der Waals surface area contributed by atoms with Gasteiger partial charge in [-0.1, -0.05) is 12.1 Å². The largest absolute Gasteiger partial charge is 0.399 e. The van der Waals surface area contributed by atoms with Crippen LogP contribution in [0.25, 0.3) is 0 Å². The summed E-state index contributed by atoms with van der Waals surface area (Å²) in [4.78, 5) is 14.2. The molecule has 2 N–H and O–H groups in total. The van der Waals surface area contributed by atoms with Crippen molar-refractivity contribution in [3.8, 4) is 0 Å². The summed E-state index contributed by atoms with van der Waals surface area (Å²) in [7, 11) is 0. The van der Waals surface area contributed by atoms with Crippen LogP contribution in [0.4, 0.5) is 15.8 Å². The predicted octanol–water partition coefficient (Wildman–Crippen LogP) is 3.38. The van der Waals surface area contributed by atoms with Gasteiger partial charge in [-0.3, -0.25) is 4.79 Å². The van der Waals surface area contributed by atoms with Crippen LogP contribution in [0.3, 0.4) is 0 Å². The fourth-order valence-corrected chi connectivity index (χ4v) is 2.11. The highest BCUT2D eigenvalue weighted by Crippen LogP contribution is 2.21. The molecule has 0 aliphatic heterocycles. The molecule has 0 bridgehead atoms. The van der Waals surface area contributed by atoms with E-state index in [1.54, 1.807) is 36.1 Å². The Bertz CT molecular complexity index is 640. The zero-order valence-corrected chi connectivity index (χ0v) is 11.6. The van der Waals surface area contributed by atoms with Crippen molar-refractivity contribution in [1.82, 2.24) is 0 Å². The maximum absolute atomic E-state index is 13.4. The SMILES string of the molecule is CCN(C(=O)c1cc(F)ccc1C)c1cccc(N)c1. The first kappa shape index (κ1) is 14.1. The normalized spacial score (nSPS) is 10.3. The summed E-state index contributed by atoms with van der Waals surface area (Å²) in [5, 5.41) is 0. The molecule has 2 aromatic carbocycles. The summed E-state index contributed by atoms with van der Waals surface area (Å²) >= 11 is 0. The summed E-state index contributed by atoms with van der Waals surface area (Å²) < 4.78 is 13.4. The van der Waals surface area contributed by atoms with Crippen LogP contribution < -0.4 is 10.6 Å². The van der Waals surface area contributed by atoms with E-state index in [0.717, 1.165) is 5.56 Å². The van der Waals surface area contributed by atoms with Crippen LogP contribution in [0.15, 0.2) is 42.5 Å². The molecule has 0 saturated heterocycles. The maximum atomic E-state index is 13.4. The van der Waals surface area contributed by atoms with Gasteiger partial charge < -0.3 is 10.6 Å². The van der Waals surface area contributed by atoms with Crippen molar-refractivity contribution >= 4 is 17.3 Å². The van der Waals surface area contributed by atoms with Gasteiger partial charge >= 0.3 is 0 Å². The summed E-state index contributed by atoms with van der Waals surface area (Å²) in [6, 6.07) is 11.3. The third-order valence-electron chi connectivity index (χ3n) is 3.17. The molecule has 0 heterocycles. The topological polar surface area (TPSA) is 46.3 Å². The van der Waals surface area contributed by atoms with Crippen molar-refractivity contribution in [2.45, 2.75) is 13.8 Å². The number of hydrogen-bond donors (Lipinski definition) is 1. The number of aryl methyl sites for hydroxylation is 1. The third kappa shape index (κ3) is 2.79. The lowest BCUT2D eigenvalue weighted by Crippen LogP contribution is -2.31. The highest BCUT2D eigenvalue weighted by atomic mass is 19.1. The number of benzene rings is 2. The Labute approximate surface area is 117 Å². The predicted molar refractivity (Wildman–Crippen MR) is 79.3 cm³/mol. The molecule has 0 atom stereocenters. The molecule has 0 saturated carbocycles. The number of carbonyl (C=O) groups is 1. The molecule has 3 nitrogen and oxygen atoms in total. The van der Waals surface area contributed by atoms with Crippen molar-refractivity contribution in [2.24, 2.45) is 0 Å². The van der Waals surface area contributed by atoms with E-state index in [2.05, 4.69) is 0 Å². The van der Waals surface area contributed by atoms with Gasteiger partial charge in [0.2, 0.25) is 0 Å². The first-order valence-corrected chi connectivity index (χ1v) is 6.46. The minimum atomic E-state index is -0.414. The molecule has 0 radical (unpaired) electrons. The number of nitrogens with zero attached hydrogens (tertiary/aromatic N) is 1. The summed E-state index contributed by atoms with van der Waals surface area (Å²) in [5.41, 5.74) is 8.16. The highest BCUT2D eigenvalue weighted by molar-refractivity contribution is 6.07. The second kappa shape index (κ2) is 5.74. The Kier molecular flexibility index (Phi) is 4.03. The average molecular weight is 272 g/mol. The van der Waals surface area contributed by atoms with Crippen LogP contribution >= 0.6 is 0 Å². The fraction of sp³-hybridized carbons (Fsp3) is 0.188. The van der Waals surface area contributed by atoms with Gasteiger partial charge in [-0.05, 0) is 49.7 Å². The molecule has 2 rings (SSSR count). The van der Waals surface area contributed by atoms with Gasteiger partial charge in [0.25, 0.3) is 5.91 Å². The summed E-state index contributed by atoms with van der Waals surface area (Å²) in [6.07, 6.45) is 0. The Morgan fingerprint density at radius 2 is 2.00 bits per heavy atom. The number of amides is 1. The molecule has 0 unspecified atom stereocenters. The van der Waals surface area contributed by atoms with Gasteiger partial charge in [-0.2, -0.15) is 0 Å². The molecule has 20 heavy (non-hydrogen) atoms. The molecule has 4 heteroatoms. The lowest BCUT2D eigenvalue weighted by molar-refractivity contribution is 0.0987. The zero-order chi connectivity index (χ0) is 14.7. The van der Waals surface area contributed by atoms with Gasteiger partial charge in [-0.25, -0.2) is 4.39 Å². The fourth-order valence-electron chi connectivity index (χ4n) is 2.11. The van der Waals surface area contributed by atoms with Crippen molar-refractivity contribution in [3.05, 3.63) is 59.4 Å².